The van der Waals surface area contributed by atoms with Gasteiger partial charge in [-0.05, 0) is 32.7 Å². The quantitative estimate of drug-likeness (QED) is 0.749. The van der Waals surface area contributed by atoms with E-state index >= 15 is 0 Å². The molecule has 0 aliphatic carbocycles. The summed E-state index contributed by atoms with van der Waals surface area (Å²) in [6.45, 7) is 5.02. The molecule has 7 heteroatoms. The van der Waals surface area contributed by atoms with E-state index in [1.165, 1.54) is 0 Å². The molecule has 124 valence electrons. The second kappa shape index (κ2) is 7.98. The van der Waals surface area contributed by atoms with Gasteiger partial charge in [0, 0.05) is 18.5 Å². The molecule has 0 spiro atoms. The van der Waals surface area contributed by atoms with Crippen molar-refractivity contribution in [2.75, 3.05) is 19.8 Å². The molecule has 0 aromatic heterocycles. The standard InChI is InChI=1S/C14H24F3NO3/c1-3-7-18(10(2)5-4-6-14(15,16)17)12-9-21-8-11(12)13(19)20/h10-12H,3-9H2,1-2H3,(H,19,20). The van der Waals surface area contributed by atoms with E-state index in [2.05, 4.69) is 0 Å². The van der Waals surface area contributed by atoms with Crippen LogP contribution in [0.25, 0.3) is 0 Å². The first kappa shape index (κ1) is 18.2. The number of carboxylic acids is 1. The van der Waals surface area contributed by atoms with Crippen molar-refractivity contribution in [2.45, 2.75) is 57.8 Å². The van der Waals surface area contributed by atoms with Gasteiger partial charge in [-0.25, -0.2) is 0 Å². The zero-order valence-corrected chi connectivity index (χ0v) is 12.5. The Balaban J connectivity index is 2.60. The number of ether oxygens (including phenoxy) is 1. The number of halogens is 3. The molecule has 1 fully saturated rings. The molecule has 1 aliphatic heterocycles. The molecule has 3 unspecified atom stereocenters. The van der Waals surface area contributed by atoms with Crippen molar-refractivity contribution in [3.05, 3.63) is 0 Å². The van der Waals surface area contributed by atoms with E-state index in [0.717, 1.165) is 6.42 Å². The number of aliphatic carboxylic acids is 1. The fraction of sp³-hybridized carbons (Fsp3) is 0.929. The van der Waals surface area contributed by atoms with Gasteiger partial charge in [-0.15, -0.1) is 0 Å². The minimum atomic E-state index is -4.13. The molecule has 0 radical (unpaired) electrons. The summed E-state index contributed by atoms with van der Waals surface area (Å²) in [6, 6.07) is -0.329. The average Bonchev–Trinajstić information content (AvgIpc) is 2.83. The third kappa shape index (κ3) is 5.82. The molecule has 0 bridgehead atoms. The van der Waals surface area contributed by atoms with Crippen LogP contribution in [0.1, 0.15) is 39.5 Å². The highest BCUT2D eigenvalue weighted by atomic mass is 19.4. The van der Waals surface area contributed by atoms with E-state index in [1.54, 1.807) is 0 Å². The van der Waals surface area contributed by atoms with Crippen LogP contribution < -0.4 is 0 Å². The maximum atomic E-state index is 12.2. The normalized spacial score (nSPS) is 24.5. The predicted molar refractivity (Wildman–Crippen MR) is 72.1 cm³/mol. The number of rotatable bonds is 8. The van der Waals surface area contributed by atoms with Gasteiger partial charge >= 0.3 is 12.1 Å². The molecule has 21 heavy (non-hydrogen) atoms. The number of hydrogen-bond donors (Lipinski definition) is 1. The molecule has 0 aromatic rings. The van der Waals surface area contributed by atoms with Gasteiger partial charge in [0.25, 0.3) is 0 Å². The maximum Gasteiger partial charge on any atom is 0.389 e. The first-order valence-corrected chi connectivity index (χ1v) is 7.39. The summed E-state index contributed by atoms with van der Waals surface area (Å²) in [4.78, 5) is 13.2. The summed E-state index contributed by atoms with van der Waals surface area (Å²) < 4.78 is 41.9. The summed E-state index contributed by atoms with van der Waals surface area (Å²) in [6.07, 6.45) is -3.62. The average molecular weight is 311 g/mol. The van der Waals surface area contributed by atoms with Gasteiger partial charge in [0.2, 0.25) is 0 Å². The monoisotopic (exact) mass is 311 g/mol. The molecule has 0 saturated carbocycles. The minimum absolute atomic E-state index is 0.0657. The van der Waals surface area contributed by atoms with Gasteiger partial charge in [0.1, 0.15) is 0 Å². The maximum absolute atomic E-state index is 12.2. The zero-order chi connectivity index (χ0) is 16.0. The zero-order valence-electron chi connectivity index (χ0n) is 12.5. The Morgan fingerprint density at radius 3 is 2.62 bits per heavy atom. The molecule has 1 N–H and O–H groups in total. The van der Waals surface area contributed by atoms with Crippen molar-refractivity contribution in [3.63, 3.8) is 0 Å². The Morgan fingerprint density at radius 2 is 2.10 bits per heavy atom. The van der Waals surface area contributed by atoms with Crippen molar-refractivity contribution in [2.24, 2.45) is 5.92 Å². The fourth-order valence-corrected chi connectivity index (χ4v) is 2.84. The summed E-state index contributed by atoms with van der Waals surface area (Å²) in [5, 5.41) is 9.21. The number of carbonyl (C=O) groups is 1. The lowest BCUT2D eigenvalue weighted by Gasteiger charge is -2.35. The third-order valence-corrected chi connectivity index (χ3v) is 3.92. The molecule has 0 amide bonds. The Morgan fingerprint density at radius 1 is 1.43 bits per heavy atom. The van der Waals surface area contributed by atoms with Crippen LogP contribution in [-0.4, -0.2) is 54.0 Å². The molecule has 4 nitrogen and oxygen atoms in total. The lowest BCUT2D eigenvalue weighted by Crippen LogP contribution is -2.48. The minimum Gasteiger partial charge on any atom is -0.481 e. The van der Waals surface area contributed by atoms with Gasteiger partial charge in [-0.1, -0.05) is 6.92 Å². The van der Waals surface area contributed by atoms with Gasteiger partial charge in [-0.2, -0.15) is 13.2 Å². The SMILES string of the molecule is CCCN(C(C)CCCC(F)(F)F)C1COCC1C(=O)O. The van der Waals surface area contributed by atoms with Crippen LogP contribution in [0.2, 0.25) is 0 Å². The Labute approximate surface area is 123 Å². The van der Waals surface area contributed by atoms with Crippen LogP contribution in [0.4, 0.5) is 13.2 Å². The van der Waals surface area contributed by atoms with E-state index in [-0.39, 0.29) is 25.1 Å². The number of hydrogen-bond acceptors (Lipinski definition) is 3. The summed E-state index contributed by atoms with van der Waals surface area (Å²) in [5.74, 6) is -1.50. The van der Waals surface area contributed by atoms with Gasteiger partial charge in [0.05, 0.1) is 19.1 Å². The van der Waals surface area contributed by atoms with Crippen LogP contribution in [0, 0.1) is 5.92 Å². The molecule has 1 saturated heterocycles. The second-order valence-corrected chi connectivity index (χ2v) is 5.64. The van der Waals surface area contributed by atoms with Crippen LogP contribution in [0.5, 0.6) is 0 Å². The van der Waals surface area contributed by atoms with E-state index in [9.17, 15) is 23.1 Å². The second-order valence-electron chi connectivity index (χ2n) is 5.64. The lowest BCUT2D eigenvalue weighted by molar-refractivity contribution is -0.143. The Kier molecular flexibility index (Phi) is 6.93. The summed E-state index contributed by atoms with van der Waals surface area (Å²) in [5.41, 5.74) is 0. The predicted octanol–water partition coefficient (Wildman–Crippen LogP) is 2.92. The van der Waals surface area contributed by atoms with Gasteiger partial charge in [0.15, 0.2) is 0 Å². The number of alkyl halides is 3. The van der Waals surface area contributed by atoms with Crippen molar-refractivity contribution in [1.82, 2.24) is 4.90 Å². The highest BCUT2D eigenvalue weighted by Gasteiger charge is 2.39. The molecule has 0 aromatic carbocycles. The topological polar surface area (TPSA) is 49.8 Å². The van der Waals surface area contributed by atoms with Crippen LogP contribution in [0.15, 0.2) is 0 Å². The van der Waals surface area contributed by atoms with E-state index < -0.39 is 24.5 Å². The molecule has 1 heterocycles. The Bertz CT molecular complexity index is 336. The van der Waals surface area contributed by atoms with Crippen LogP contribution in [0.3, 0.4) is 0 Å². The third-order valence-electron chi connectivity index (χ3n) is 3.92. The van der Waals surface area contributed by atoms with Gasteiger partial charge < -0.3 is 9.84 Å². The number of nitrogens with zero attached hydrogens (tertiary/aromatic N) is 1. The van der Waals surface area contributed by atoms with E-state index in [1.807, 2.05) is 18.7 Å². The number of carboxylic acid groups (broad SMARTS) is 1. The van der Waals surface area contributed by atoms with Gasteiger partial charge in [-0.3, -0.25) is 9.69 Å². The summed E-state index contributed by atoms with van der Waals surface area (Å²) in [7, 11) is 0. The summed E-state index contributed by atoms with van der Waals surface area (Å²) >= 11 is 0. The van der Waals surface area contributed by atoms with Crippen molar-refractivity contribution < 1.29 is 27.8 Å². The van der Waals surface area contributed by atoms with Crippen molar-refractivity contribution >= 4 is 5.97 Å². The van der Waals surface area contributed by atoms with Crippen molar-refractivity contribution in [1.29, 1.82) is 0 Å². The largest absolute Gasteiger partial charge is 0.481 e. The van der Waals surface area contributed by atoms with Crippen molar-refractivity contribution in [3.8, 4) is 0 Å². The van der Waals surface area contributed by atoms with Crippen LogP contribution in [-0.2, 0) is 9.53 Å². The molecule has 1 rings (SSSR count). The first-order valence-electron chi connectivity index (χ1n) is 7.39. The van der Waals surface area contributed by atoms with Crippen LogP contribution >= 0.6 is 0 Å². The molecule has 3 atom stereocenters. The highest BCUT2D eigenvalue weighted by molar-refractivity contribution is 5.71. The Hall–Kier alpha value is -0.820. The molecular weight excluding hydrogens is 287 g/mol. The first-order chi connectivity index (χ1) is 9.76. The molecular formula is C14H24F3NO3. The van der Waals surface area contributed by atoms with E-state index in [4.69, 9.17) is 4.74 Å². The lowest BCUT2D eigenvalue weighted by atomic mass is 9.98. The fourth-order valence-electron chi connectivity index (χ4n) is 2.84. The van der Waals surface area contributed by atoms with E-state index in [0.29, 0.717) is 19.6 Å². The molecule has 1 aliphatic rings. The smallest absolute Gasteiger partial charge is 0.389 e. The highest BCUT2D eigenvalue weighted by Crippen LogP contribution is 2.27.